The summed E-state index contributed by atoms with van der Waals surface area (Å²) >= 11 is 0. The lowest BCUT2D eigenvalue weighted by atomic mass is 10.1. The van der Waals surface area contributed by atoms with E-state index in [1.54, 1.807) is 0 Å². The number of likely N-dealkylation sites (N-methyl/N-ethyl adjacent to an activating group) is 1. The predicted molar refractivity (Wildman–Crippen MR) is 109 cm³/mol. The van der Waals surface area contributed by atoms with E-state index in [-0.39, 0.29) is 6.04 Å². The Labute approximate surface area is 162 Å². The molecule has 0 saturated carbocycles. The monoisotopic (exact) mass is 372 g/mol. The molecular weight excluding hydrogens is 340 g/mol. The molecule has 7 nitrogen and oxygen atoms in total. The molecular formula is C20H32N6O. The molecule has 2 N–H and O–H groups in total. The van der Waals surface area contributed by atoms with Crippen molar-refractivity contribution in [2.45, 2.75) is 40.2 Å². The highest BCUT2D eigenvalue weighted by Gasteiger charge is 2.17. The number of guanidine groups is 1. The lowest BCUT2D eigenvalue weighted by Crippen LogP contribution is -2.39. The minimum atomic E-state index is 0.259. The molecule has 0 aliphatic heterocycles. The van der Waals surface area contributed by atoms with E-state index in [1.807, 2.05) is 6.92 Å². The number of nitrogens with one attached hydrogen (secondary N) is 2. The molecule has 1 aromatic heterocycles. The maximum absolute atomic E-state index is 5.15. The molecule has 1 aromatic carbocycles. The topological polar surface area (TPSA) is 78.6 Å². The number of hydrogen-bond donors (Lipinski definition) is 2. The fourth-order valence-electron chi connectivity index (χ4n) is 3.02. The summed E-state index contributed by atoms with van der Waals surface area (Å²) in [4.78, 5) is 11.5. The van der Waals surface area contributed by atoms with E-state index < -0.39 is 0 Å². The molecule has 148 valence electrons. The van der Waals surface area contributed by atoms with Crippen molar-refractivity contribution in [3.05, 3.63) is 47.6 Å². The average Bonchev–Trinajstić information content (AvgIpc) is 3.10. The lowest BCUT2D eigenvalue weighted by molar-refractivity contribution is 0.224. The van der Waals surface area contributed by atoms with Gasteiger partial charge in [0.25, 0.3) is 0 Å². The molecule has 0 aliphatic carbocycles. The van der Waals surface area contributed by atoms with Crippen LogP contribution in [0, 0.1) is 6.92 Å². The molecule has 0 aliphatic rings. The van der Waals surface area contributed by atoms with E-state index in [0.29, 0.717) is 31.2 Å². The second kappa shape index (κ2) is 11.3. The Balaban J connectivity index is 2.02. The van der Waals surface area contributed by atoms with Crippen molar-refractivity contribution >= 4 is 5.96 Å². The van der Waals surface area contributed by atoms with Gasteiger partial charge in [0, 0.05) is 19.5 Å². The van der Waals surface area contributed by atoms with Crippen molar-refractivity contribution in [1.29, 1.82) is 0 Å². The van der Waals surface area contributed by atoms with Gasteiger partial charge in [0.15, 0.2) is 11.8 Å². The van der Waals surface area contributed by atoms with Gasteiger partial charge < -0.3 is 15.2 Å². The highest BCUT2D eigenvalue weighted by Crippen LogP contribution is 2.20. The minimum Gasteiger partial charge on any atom is -0.357 e. The molecule has 0 spiro atoms. The van der Waals surface area contributed by atoms with Crippen LogP contribution >= 0.6 is 0 Å². The maximum atomic E-state index is 5.15. The van der Waals surface area contributed by atoms with Gasteiger partial charge in [-0.05, 0) is 32.5 Å². The van der Waals surface area contributed by atoms with Gasteiger partial charge in [-0.2, -0.15) is 4.98 Å². The van der Waals surface area contributed by atoms with Crippen LogP contribution in [0.5, 0.6) is 0 Å². The highest BCUT2D eigenvalue weighted by molar-refractivity contribution is 5.79. The maximum Gasteiger partial charge on any atom is 0.228 e. The van der Waals surface area contributed by atoms with Crippen LogP contribution in [-0.2, 0) is 6.42 Å². The first-order valence-corrected chi connectivity index (χ1v) is 9.78. The Morgan fingerprint density at radius 1 is 1.15 bits per heavy atom. The molecule has 0 bridgehead atoms. The van der Waals surface area contributed by atoms with E-state index in [4.69, 9.17) is 9.52 Å². The SMILES string of the molecule is CCNC(=NCC(c1ccccc1)N(CC)CC)NCCc1nc(C)no1. The molecule has 2 rings (SSSR count). The van der Waals surface area contributed by atoms with Gasteiger partial charge in [-0.25, -0.2) is 0 Å². The molecule has 1 unspecified atom stereocenters. The Kier molecular flexibility index (Phi) is 8.77. The highest BCUT2D eigenvalue weighted by atomic mass is 16.5. The van der Waals surface area contributed by atoms with Crippen LogP contribution in [-0.4, -0.2) is 53.7 Å². The molecule has 27 heavy (non-hydrogen) atoms. The van der Waals surface area contributed by atoms with Crippen molar-refractivity contribution in [3.8, 4) is 0 Å². The number of aromatic nitrogens is 2. The van der Waals surface area contributed by atoms with E-state index >= 15 is 0 Å². The van der Waals surface area contributed by atoms with Crippen LogP contribution in [0.1, 0.15) is 44.1 Å². The predicted octanol–water partition coefficient (Wildman–Crippen LogP) is 2.56. The third-order valence-corrected chi connectivity index (χ3v) is 4.40. The molecule has 1 atom stereocenters. The van der Waals surface area contributed by atoms with Crippen molar-refractivity contribution in [2.75, 3.05) is 32.7 Å². The minimum absolute atomic E-state index is 0.259. The second-order valence-electron chi connectivity index (χ2n) is 6.28. The van der Waals surface area contributed by atoms with E-state index in [9.17, 15) is 0 Å². The summed E-state index contributed by atoms with van der Waals surface area (Å²) in [5.41, 5.74) is 1.29. The summed E-state index contributed by atoms with van der Waals surface area (Å²) in [5, 5.41) is 10.5. The molecule has 7 heteroatoms. The van der Waals surface area contributed by atoms with Gasteiger partial charge in [-0.3, -0.25) is 9.89 Å². The van der Waals surface area contributed by atoms with Gasteiger partial charge in [0.2, 0.25) is 5.89 Å². The van der Waals surface area contributed by atoms with Crippen LogP contribution < -0.4 is 10.6 Å². The van der Waals surface area contributed by atoms with Crippen LogP contribution in [0.25, 0.3) is 0 Å². The number of benzene rings is 1. The number of aliphatic imine (C=N–C) groups is 1. The van der Waals surface area contributed by atoms with Crippen molar-refractivity contribution in [3.63, 3.8) is 0 Å². The van der Waals surface area contributed by atoms with Crippen molar-refractivity contribution < 1.29 is 4.52 Å². The first kappa shape index (κ1) is 20.9. The quantitative estimate of drug-likeness (QED) is 0.493. The lowest BCUT2D eigenvalue weighted by Gasteiger charge is -2.29. The van der Waals surface area contributed by atoms with Gasteiger partial charge in [-0.1, -0.05) is 49.3 Å². The summed E-state index contributed by atoms with van der Waals surface area (Å²) in [6.45, 7) is 12.5. The smallest absolute Gasteiger partial charge is 0.228 e. The fraction of sp³-hybridized carbons (Fsp3) is 0.550. The molecule has 0 saturated heterocycles. The largest absolute Gasteiger partial charge is 0.357 e. The normalized spacial score (nSPS) is 13.0. The van der Waals surface area contributed by atoms with Crippen molar-refractivity contribution in [2.24, 2.45) is 4.99 Å². The molecule has 0 amide bonds. The van der Waals surface area contributed by atoms with Crippen LogP contribution in [0.2, 0.25) is 0 Å². The first-order valence-electron chi connectivity index (χ1n) is 9.78. The number of aryl methyl sites for hydroxylation is 1. The van der Waals surface area contributed by atoms with E-state index in [1.165, 1.54) is 5.56 Å². The summed E-state index contributed by atoms with van der Waals surface area (Å²) in [6, 6.07) is 10.8. The van der Waals surface area contributed by atoms with Gasteiger partial charge in [0.05, 0.1) is 12.6 Å². The van der Waals surface area contributed by atoms with E-state index in [2.05, 4.69) is 76.8 Å². The number of hydrogen-bond acceptors (Lipinski definition) is 5. The van der Waals surface area contributed by atoms with Crippen LogP contribution in [0.3, 0.4) is 0 Å². The Morgan fingerprint density at radius 2 is 1.89 bits per heavy atom. The van der Waals surface area contributed by atoms with Crippen molar-refractivity contribution in [1.82, 2.24) is 25.7 Å². The molecule has 2 aromatic rings. The zero-order valence-corrected chi connectivity index (χ0v) is 16.9. The first-order chi connectivity index (χ1) is 13.2. The molecule has 1 heterocycles. The summed E-state index contributed by atoms with van der Waals surface area (Å²) in [7, 11) is 0. The Morgan fingerprint density at radius 3 is 2.48 bits per heavy atom. The second-order valence-corrected chi connectivity index (χ2v) is 6.28. The van der Waals surface area contributed by atoms with Gasteiger partial charge in [-0.15, -0.1) is 0 Å². The molecule has 0 fully saturated rings. The summed E-state index contributed by atoms with van der Waals surface area (Å²) < 4.78 is 5.15. The molecule has 0 radical (unpaired) electrons. The van der Waals surface area contributed by atoms with Crippen LogP contribution in [0.15, 0.2) is 39.8 Å². The van der Waals surface area contributed by atoms with Crippen LogP contribution in [0.4, 0.5) is 0 Å². The summed E-state index contributed by atoms with van der Waals surface area (Å²) in [5.74, 6) is 2.11. The Bertz CT molecular complexity index is 681. The number of rotatable bonds is 10. The average molecular weight is 373 g/mol. The van der Waals surface area contributed by atoms with E-state index in [0.717, 1.165) is 25.6 Å². The third kappa shape index (κ3) is 6.67. The number of nitrogens with zero attached hydrogens (tertiary/aromatic N) is 4. The van der Waals surface area contributed by atoms with Gasteiger partial charge >= 0.3 is 0 Å². The fourth-order valence-corrected chi connectivity index (χ4v) is 3.02. The standard InChI is InChI=1S/C20H32N6O/c1-5-21-20(22-14-13-19-24-16(4)25-27-19)23-15-18(26(6-2)7-3)17-11-9-8-10-12-17/h8-12,18H,5-7,13-15H2,1-4H3,(H2,21,22,23). The zero-order chi connectivity index (χ0) is 19.5. The van der Waals surface area contributed by atoms with Gasteiger partial charge in [0.1, 0.15) is 0 Å². The third-order valence-electron chi connectivity index (χ3n) is 4.40. The zero-order valence-electron chi connectivity index (χ0n) is 16.9. The Hall–Kier alpha value is -2.41. The summed E-state index contributed by atoms with van der Waals surface area (Å²) in [6.07, 6.45) is 0.670.